The Balaban J connectivity index is 4.72. The number of methoxy groups -OCH3 is 1. The largest absolute Gasteiger partial charge is 0.400 e. The molecule has 0 saturated heterocycles. The van der Waals surface area contributed by atoms with Crippen molar-refractivity contribution in [3.8, 4) is 0 Å². The summed E-state index contributed by atoms with van der Waals surface area (Å²) >= 11 is 0. The highest BCUT2D eigenvalue weighted by atomic mass is 32.3. The predicted octanol–water partition coefficient (Wildman–Crippen LogP) is -0.477. The number of hydrogen-bond donors (Lipinski definition) is 2. The second-order valence-electron chi connectivity index (χ2n) is 2.55. The summed E-state index contributed by atoms with van der Waals surface area (Å²) < 4.78 is 42.7. The van der Waals surface area contributed by atoms with Gasteiger partial charge < -0.3 is 14.6 Å². The summed E-state index contributed by atoms with van der Waals surface area (Å²) in [6, 6.07) is 0. The Morgan fingerprint density at radius 2 is 2.00 bits per heavy atom. The van der Waals surface area contributed by atoms with E-state index in [0.717, 1.165) is 14.0 Å². The third-order valence-electron chi connectivity index (χ3n) is 1.37. The van der Waals surface area contributed by atoms with E-state index in [9.17, 15) is 13.5 Å². The molecule has 0 aromatic carbocycles. The highest BCUT2D eigenvalue weighted by Gasteiger charge is 2.40. The highest BCUT2D eigenvalue weighted by molar-refractivity contribution is 7.80. The van der Waals surface area contributed by atoms with Crippen molar-refractivity contribution in [1.29, 1.82) is 0 Å². The second-order valence-corrected chi connectivity index (χ2v) is 3.57. The SMILES string of the molecule is CCOC(C)(OS(=O)(=O)O)C(O)OC. The fraction of sp³-hybridized carbons (Fsp3) is 1.00. The van der Waals surface area contributed by atoms with Crippen molar-refractivity contribution in [2.45, 2.75) is 25.9 Å². The van der Waals surface area contributed by atoms with E-state index in [0.29, 0.717) is 0 Å². The molecule has 2 atom stereocenters. The van der Waals surface area contributed by atoms with E-state index in [1.54, 1.807) is 6.92 Å². The van der Waals surface area contributed by atoms with Gasteiger partial charge in [-0.15, -0.1) is 0 Å². The minimum absolute atomic E-state index is 0.0758. The monoisotopic (exact) mass is 230 g/mol. The van der Waals surface area contributed by atoms with E-state index in [-0.39, 0.29) is 6.61 Å². The standard InChI is InChI=1S/C6H14O7S/c1-4-12-6(2,5(7)11-3)13-14(8,9)10/h5,7H,4H2,1-3H3,(H,8,9,10). The van der Waals surface area contributed by atoms with Crippen molar-refractivity contribution < 1.29 is 31.7 Å². The summed E-state index contributed by atoms with van der Waals surface area (Å²) in [6.45, 7) is 2.76. The van der Waals surface area contributed by atoms with E-state index in [1.165, 1.54) is 0 Å². The van der Waals surface area contributed by atoms with Crippen LogP contribution in [0.1, 0.15) is 13.8 Å². The van der Waals surface area contributed by atoms with Crippen molar-refractivity contribution in [1.82, 2.24) is 0 Å². The normalized spacial score (nSPS) is 18.9. The first-order chi connectivity index (χ1) is 6.25. The Hall–Kier alpha value is -0.250. The van der Waals surface area contributed by atoms with Crippen LogP contribution in [0.4, 0.5) is 0 Å². The molecule has 0 heterocycles. The lowest BCUT2D eigenvalue weighted by Crippen LogP contribution is -2.47. The summed E-state index contributed by atoms with van der Waals surface area (Å²) in [5.41, 5.74) is 0. The van der Waals surface area contributed by atoms with E-state index < -0.39 is 22.5 Å². The molecule has 0 bridgehead atoms. The third-order valence-corrected chi connectivity index (χ3v) is 1.92. The molecular formula is C6H14O7S. The maximum absolute atomic E-state index is 10.4. The summed E-state index contributed by atoms with van der Waals surface area (Å²) in [4.78, 5) is 0. The second kappa shape index (κ2) is 5.01. The first kappa shape index (κ1) is 13.8. The van der Waals surface area contributed by atoms with Gasteiger partial charge in [-0.25, -0.2) is 4.18 Å². The Labute approximate surface area is 82.5 Å². The van der Waals surface area contributed by atoms with Crippen LogP contribution >= 0.6 is 0 Å². The van der Waals surface area contributed by atoms with Gasteiger partial charge in [0, 0.05) is 13.7 Å². The Morgan fingerprint density at radius 1 is 1.50 bits per heavy atom. The zero-order valence-corrected chi connectivity index (χ0v) is 8.94. The minimum Gasteiger partial charge on any atom is -0.364 e. The van der Waals surface area contributed by atoms with Crippen LogP contribution in [0.25, 0.3) is 0 Å². The molecule has 2 unspecified atom stereocenters. The Morgan fingerprint density at radius 3 is 2.29 bits per heavy atom. The van der Waals surface area contributed by atoms with E-state index in [4.69, 9.17) is 9.29 Å². The van der Waals surface area contributed by atoms with E-state index >= 15 is 0 Å². The fourth-order valence-corrected chi connectivity index (χ4v) is 1.39. The molecule has 0 rings (SSSR count). The maximum atomic E-state index is 10.4. The quantitative estimate of drug-likeness (QED) is 0.469. The van der Waals surface area contributed by atoms with Gasteiger partial charge in [-0.1, -0.05) is 0 Å². The van der Waals surface area contributed by atoms with Crippen LogP contribution in [0.15, 0.2) is 0 Å². The Kier molecular flexibility index (Phi) is 4.92. The summed E-state index contributed by atoms with van der Waals surface area (Å²) in [5, 5.41) is 9.22. The van der Waals surface area contributed by atoms with E-state index in [2.05, 4.69) is 8.92 Å². The van der Waals surface area contributed by atoms with Crippen LogP contribution in [0.5, 0.6) is 0 Å². The molecule has 0 fully saturated rings. The molecule has 2 N–H and O–H groups in total. The topological polar surface area (TPSA) is 102 Å². The fourth-order valence-electron chi connectivity index (χ4n) is 0.846. The first-order valence-corrected chi connectivity index (χ1v) is 5.14. The molecule has 14 heavy (non-hydrogen) atoms. The average molecular weight is 230 g/mol. The van der Waals surface area contributed by atoms with Crippen molar-refractivity contribution in [2.75, 3.05) is 13.7 Å². The molecule has 0 aromatic rings. The van der Waals surface area contributed by atoms with Crippen LogP contribution in [-0.4, -0.2) is 43.9 Å². The van der Waals surface area contributed by atoms with Crippen LogP contribution in [-0.2, 0) is 24.1 Å². The van der Waals surface area contributed by atoms with Gasteiger partial charge >= 0.3 is 10.4 Å². The van der Waals surface area contributed by atoms with E-state index in [1.807, 2.05) is 0 Å². The van der Waals surface area contributed by atoms with Gasteiger partial charge in [0.25, 0.3) is 0 Å². The molecule has 8 heteroatoms. The molecule has 0 saturated carbocycles. The zero-order chi connectivity index (χ0) is 11.4. The number of hydrogen-bond acceptors (Lipinski definition) is 6. The Bertz CT molecular complexity index is 261. The van der Waals surface area contributed by atoms with Crippen molar-refractivity contribution in [2.24, 2.45) is 0 Å². The molecule has 0 radical (unpaired) electrons. The first-order valence-electron chi connectivity index (χ1n) is 3.78. The minimum atomic E-state index is -4.72. The molecule has 0 amide bonds. The van der Waals surface area contributed by atoms with Crippen molar-refractivity contribution >= 4 is 10.4 Å². The lowest BCUT2D eigenvalue weighted by atomic mass is 10.3. The molecule has 0 aliphatic carbocycles. The van der Waals surface area contributed by atoms with Gasteiger partial charge in [0.15, 0.2) is 0 Å². The van der Waals surface area contributed by atoms with Gasteiger partial charge in [0.05, 0.1) is 0 Å². The van der Waals surface area contributed by atoms with Gasteiger partial charge in [-0.3, -0.25) is 4.55 Å². The summed E-state index contributed by atoms with van der Waals surface area (Å²) in [6.07, 6.45) is -1.63. The number of ether oxygens (including phenoxy) is 2. The third kappa shape index (κ3) is 4.31. The number of rotatable bonds is 6. The van der Waals surface area contributed by atoms with Crippen LogP contribution in [0, 0.1) is 0 Å². The van der Waals surface area contributed by atoms with Crippen LogP contribution in [0.2, 0.25) is 0 Å². The van der Waals surface area contributed by atoms with Gasteiger partial charge in [0.1, 0.15) is 0 Å². The molecule has 0 aromatic heterocycles. The summed E-state index contributed by atoms with van der Waals surface area (Å²) in [5.74, 6) is -1.96. The van der Waals surface area contributed by atoms with Crippen LogP contribution < -0.4 is 0 Å². The zero-order valence-electron chi connectivity index (χ0n) is 8.13. The van der Waals surface area contributed by atoms with Gasteiger partial charge in [0.2, 0.25) is 12.1 Å². The van der Waals surface area contributed by atoms with Crippen molar-refractivity contribution in [3.63, 3.8) is 0 Å². The molecule has 0 aliphatic rings. The molecule has 0 spiro atoms. The predicted molar refractivity (Wildman–Crippen MR) is 45.7 cm³/mol. The average Bonchev–Trinajstić information content (AvgIpc) is 2.00. The lowest BCUT2D eigenvalue weighted by Gasteiger charge is -2.30. The summed E-state index contributed by atoms with van der Waals surface area (Å²) in [7, 11) is -3.59. The van der Waals surface area contributed by atoms with Gasteiger partial charge in [-0.2, -0.15) is 8.42 Å². The highest BCUT2D eigenvalue weighted by Crippen LogP contribution is 2.20. The van der Waals surface area contributed by atoms with Gasteiger partial charge in [-0.05, 0) is 13.8 Å². The lowest BCUT2D eigenvalue weighted by molar-refractivity contribution is -0.293. The number of aliphatic hydroxyl groups is 1. The molecule has 86 valence electrons. The molecule has 0 aliphatic heterocycles. The van der Waals surface area contributed by atoms with Crippen LogP contribution in [0.3, 0.4) is 0 Å². The maximum Gasteiger partial charge on any atom is 0.400 e. The smallest absolute Gasteiger partial charge is 0.364 e. The molecular weight excluding hydrogens is 216 g/mol. The molecule has 7 nitrogen and oxygen atoms in total. The number of aliphatic hydroxyl groups excluding tert-OH is 1. The van der Waals surface area contributed by atoms with Crippen molar-refractivity contribution in [3.05, 3.63) is 0 Å².